The summed E-state index contributed by atoms with van der Waals surface area (Å²) in [6, 6.07) is 3.55. The minimum absolute atomic E-state index is 0.240. The average Bonchev–Trinajstić information content (AvgIpc) is 2.70. The predicted octanol–water partition coefficient (Wildman–Crippen LogP) is 1.10. The summed E-state index contributed by atoms with van der Waals surface area (Å²) in [5.74, 6) is -0.240. The van der Waals surface area contributed by atoms with E-state index in [1.54, 1.807) is 0 Å². The number of amides is 1. The van der Waals surface area contributed by atoms with E-state index in [-0.39, 0.29) is 11.6 Å². The van der Waals surface area contributed by atoms with Crippen LogP contribution in [-0.2, 0) is 0 Å². The highest BCUT2D eigenvalue weighted by atomic mass is 16.5. The van der Waals surface area contributed by atoms with Gasteiger partial charge in [0.1, 0.15) is 6.26 Å². The van der Waals surface area contributed by atoms with Gasteiger partial charge in [-0.2, -0.15) is 5.26 Å². The first-order valence-corrected chi connectivity index (χ1v) is 4.40. The van der Waals surface area contributed by atoms with Crippen molar-refractivity contribution in [2.45, 2.75) is 19.3 Å². The predicted molar refractivity (Wildman–Crippen MR) is 48.3 cm³/mol. The molecular weight excluding hydrogens is 182 g/mol. The summed E-state index contributed by atoms with van der Waals surface area (Å²) < 4.78 is 4.53. The van der Waals surface area contributed by atoms with Crippen molar-refractivity contribution in [3.8, 4) is 6.07 Å². The molecule has 1 N–H and O–H groups in total. The minimum Gasteiger partial charge on any atom is -0.364 e. The first kappa shape index (κ1) is 10.3. The molecule has 0 aliphatic rings. The third-order valence-corrected chi connectivity index (χ3v) is 1.67. The number of carbonyl (C=O) groups is 1. The van der Waals surface area contributed by atoms with Gasteiger partial charge in [0, 0.05) is 19.0 Å². The van der Waals surface area contributed by atoms with E-state index < -0.39 is 0 Å². The van der Waals surface area contributed by atoms with Gasteiger partial charge in [0.15, 0.2) is 5.69 Å². The van der Waals surface area contributed by atoms with Crippen LogP contribution in [0.15, 0.2) is 16.9 Å². The summed E-state index contributed by atoms with van der Waals surface area (Å²) in [5, 5.41) is 14.4. The van der Waals surface area contributed by atoms with E-state index in [4.69, 9.17) is 5.26 Å². The highest BCUT2D eigenvalue weighted by molar-refractivity contribution is 5.91. The maximum atomic E-state index is 11.2. The molecule has 1 aromatic heterocycles. The standard InChI is InChI=1S/C9H11N3O2/c10-5-2-1-3-6-11-9(13)8-4-7-14-12-8/h4,7H,1-3,6H2,(H,11,13). The lowest BCUT2D eigenvalue weighted by molar-refractivity contribution is 0.0944. The lowest BCUT2D eigenvalue weighted by Gasteiger charge is -2.00. The van der Waals surface area contributed by atoms with Crippen LogP contribution in [0.1, 0.15) is 29.8 Å². The minimum atomic E-state index is -0.240. The summed E-state index contributed by atoms with van der Waals surface area (Å²) in [7, 11) is 0. The highest BCUT2D eigenvalue weighted by Crippen LogP contribution is 1.95. The molecule has 5 heteroatoms. The maximum Gasteiger partial charge on any atom is 0.273 e. The monoisotopic (exact) mass is 193 g/mol. The highest BCUT2D eigenvalue weighted by Gasteiger charge is 2.06. The van der Waals surface area contributed by atoms with E-state index in [1.165, 1.54) is 12.3 Å². The van der Waals surface area contributed by atoms with Gasteiger partial charge >= 0.3 is 0 Å². The van der Waals surface area contributed by atoms with Crippen molar-refractivity contribution in [3.63, 3.8) is 0 Å². The molecule has 1 heterocycles. The van der Waals surface area contributed by atoms with Crippen LogP contribution in [-0.4, -0.2) is 17.6 Å². The third kappa shape index (κ3) is 3.27. The average molecular weight is 193 g/mol. The Morgan fingerprint density at radius 2 is 2.50 bits per heavy atom. The van der Waals surface area contributed by atoms with E-state index in [0.717, 1.165) is 12.8 Å². The van der Waals surface area contributed by atoms with Crippen LogP contribution in [0.2, 0.25) is 0 Å². The number of hydrogen-bond acceptors (Lipinski definition) is 4. The first-order valence-electron chi connectivity index (χ1n) is 4.40. The summed E-state index contributed by atoms with van der Waals surface area (Å²) in [5.41, 5.74) is 0.283. The van der Waals surface area contributed by atoms with Crippen molar-refractivity contribution in [2.24, 2.45) is 0 Å². The van der Waals surface area contributed by atoms with Crippen LogP contribution in [0.5, 0.6) is 0 Å². The normalized spacial score (nSPS) is 9.36. The van der Waals surface area contributed by atoms with Crippen LogP contribution in [0, 0.1) is 11.3 Å². The molecule has 0 spiro atoms. The van der Waals surface area contributed by atoms with Crippen LogP contribution in [0.25, 0.3) is 0 Å². The van der Waals surface area contributed by atoms with E-state index in [1.807, 2.05) is 6.07 Å². The second-order valence-electron chi connectivity index (χ2n) is 2.76. The Balaban J connectivity index is 2.14. The number of rotatable bonds is 5. The Labute approximate surface area is 81.7 Å². The van der Waals surface area contributed by atoms with Crippen molar-refractivity contribution in [1.82, 2.24) is 10.5 Å². The molecule has 1 aromatic rings. The zero-order valence-electron chi connectivity index (χ0n) is 7.69. The topological polar surface area (TPSA) is 78.9 Å². The van der Waals surface area contributed by atoms with Crippen LogP contribution in [0.4, 0.5) is 0 Å². The molecular formula is C9H11N3O2. The second kappa shape index (κ2) is 5.75. The van der Waals surface area contributed by atoms with Gasteiger partial charge in [-0.15, -0.1) is 0 Å². The molecule has 1 amide bonds. The molecule has 0 saturated heterocycles. The Kier molecular flexibility index (Phi) is 4.21. The van der Waals surface area contributed by atoms with E-state index in [9.17, 15) is 4.79 Å². The van der Waals surface area contributed by atoms with Gasteiger partial charge in [0.25, 0.3) is 5.91 Å². The fourth-order valence-corrected chi connectivity index (χ4v) is 0.951. The van der Waals surface area contributed by atoms with Crippen LogP contribution >= 0.6 is 0 Å². The number of nitrogens with one attached hydrogen (secondary N) is 1. The number of hydrogen-bond donors (Lipinski definition) is 1. The molecule has 0 bridgehead atoms. The molecule has 0 saturated carbocycles. The Morgan fingerprint density at radius 3 is 3.14 bits per heavy atom. The van der Waals surface area contributed by atoms with Crippen molar-refractivity contribution >= 4 is 5.91 Å². The zero-order chi connectivity index (χ0) is 10.2. The summed E-state index contributed by atoms with van der Waals surface area (Å²) in [4.78, 5) is 11.2. The van der Waals surface area contributed by atoms with Crippen LogP contribution in [0.3, 0.4) is 0 Å². The molecule has 0 aliphatic carbocycles. The van der Waals surface area contributed by atoms with Gasteiger partial charge in [-0.3, -0.25) is 4.79 Å². The summed E-state index contributed by atoms with van der Waals surface area (Å²) >= 11 is 0. The molecule has 0 atom stereocenters. The SMILES string of the molecule is N#CCCCCNC(=O)c1ccon1. The van der Waals surface area contributed by atoms with Gasteiger partial charge in [-0.05, 0) is 12.8 Å². The lowest BCUT2D eigenvalue weighted by Crippen LogP contribution is -2.24. The molecule has 0 radical (unpaired) electrons. The van der Waals surface area contributed by atoms with E-state index >= 15 is 0 Å². The van der Waals surface area contributed by atoms with Crippen molar-refractivity contribution in [3.05, 3.63) is 18.0 Å². The number of unbranched alkanes of at least 4 members (excludes halogenated alkanes) is 2. The van der Waals surface area contributed by atoms with Gasteiger partial charge in [-0.25, -0.2) is 0 Å². The molecule has 1 rings (SSSR count). The largest absolute Gasteiger partial charge is 0.364 e. The Morgan fingerprint density at radius 1 is 1.64 bits per heavy atom. The van der Waals surface area contributed by atoms with Gasteiger partial charge in [0.05, 0.1) is 6.07 Å². The van der Waals surface area contributed by atoms with Crippen LogP contribution < -0.4 is 5.32 Å². The quantitative estimate of drug-likeness (QED) is 0.710. The van der Waals surface area contributed by atoms with Gasteiger partial charge < -0.3 is 9.84 Å². The first-order chi connectivity index (χ1) is 6.84. The lowest BCUT2D eigenvalue weighted by atomic mass is 10.2. The molecule has 0 unspecified atom stereocenters. The fraction of sp³-hybridized carbons (Fsp3) is 0.444. The number of nitrogens with zero attached hydrogens (tertiary/aromatic N) is 2. The van der Waals surface area contributed by atoms with Gasteiger partial charge in [-0.1, -0.05) is 5.16 Å². The maximum absolute atomic E-state index is 11.2. The third-order valence-electron chi connectivity index (χ3n) is 1.67. The smallest absolute Gasteiger partial charge is 0.273 e. The fourth-order valence-electron chi connectivity index (χ4n) is 0.951. The zero-order valence-corrected chi connectivity index (χ0v) is 7.69. The number of aromatic nitrogens is 1. The Hall–Kier alpha value is -1.83. The van der Waals surface area contributed by atoms with Crippen molar-refractivity contribution in [1.29, 1.82) is 5.26 Å². The summed E-state index contributed by atoms with van der Waals surface area (Å²) in [6.07, 6.45) is 3.48. The molecule has 0 aliphatic heterocycles. The van der Waals surface area contributed by atoms with Gasteiger partial charge in [0.2, 0.25) is 0 Å². The van der Waals surface area contributed by atoms with Crippen molar-refractivity contribution < 1.29 is 9.32 Å². The molecule has 14 heavy (non-hydrogen) atoms. The van der Waals surface area contributed by atoms with E-state index in [0.29, 0.717) is 13.0 Å². The molecule has 5 nitrogen and oxygen atoms in total. The van der Waals surface area contributed by atoms with E-state index in [2.05, 4.69) is 15.0 Å². The molecule has 74 valence electrons. The number of nitriles is 1. The molecule has 0 fully saturated rings. The number of carbonyl (C=O) groups excluding carboxylic acids is 1. The second-order valence-corrected chi connectivity index (χ2v) is 2.76. The molecule has 0 aromatic carbocycles. The van der Waals surface area contributed by atoms with Crippen molar-refractivity contribution in [2.75, 3.05) is 6.54 Å². The Bertz CT molecular complexity index is 313. The summed E-state index contributed by atoms with van der Waals surface area (Å²) in [6.45, 7) is 0.563.